The van der Waals surface area contributed by atoms with Crippen molar-refractivity contribution in [2.75, 3.05) is 37.2 Å². The van der Waals surface area contributed by atoms with Crippen LogP contribution in [0.15, 0.2) is 30.5 Å². The van der Waals surface area contributed by atoms with Crippen LogP contribution in [0.5, 0.6) is 0 Å². The molecule has 1 aliphatic heterocycles. The van der Waals surface area contributed by atoms with Gasteiger partial charge < -0.3 is 16.0 Å². The first-order valence-corrected chi connectivity index (χ1v) is 7.83. The molecule has 112 valence electrons. The molecule has 2 aromatic rings. The standard InChI is InChI=1S/C17H24N4/c1-13(12-21-9-2-3-10-21)11-20-16-7-8-19-17-14(16)5-4-6-15(17)18/h4-8,13H,2-3,9-12,18H2,1H3,(H,19,20). The van der Waals surface area contributed by atoms with Gasteiger partial charge >= 0.3 is 0 Å². The van der Waals surface area contributed by atoms with E-state index in [0.717, 1.165) is 28.8 Å². The van der Waals surface area contributed by atoms with Crippen LogP contribution in [0.2, 0.25) is 0 Å². The normalized spacial score (nSPS) is 17.2. The van der Waals surface area contributed by atoms with E-state index >= 15 is 0 Å². The number of nitrogens with two attached hydrogens (primary N) is 1. The van der Waals surface area contributed by atoms with E-state index in [1.165, 1.54) is 32.5 Å². The molecule has 0 saturated carbocycles. The van der Waals surface area contributed by atoms with Crippen molar-refractivity contribution in [2.24, 2.45) is 5.92 Å². The number of hydrogen-bond donors (Lipinski definition) is 2. The molecule has 1 fully saturated rings. The Morgan fingerprint density at radius 3 is 2.90 bits per heavy atom. The summed E-state index contributed by atoms with van der Waals surface area (Å²) in [5, 5.41) is 4.67. The second-order valence-electron chi connectivity index (χ2n) is 6.10. The number of fused-ring (bicyclic) bond motifs is 1. The maximum absolute atomic E-state index is 5.99. The third-order valence-electron chi connectivity index (χ3n) is 4.21. The summed E-state index contributed by atoms with van der Waals surface area (Å²) in [6.07, 6.45) is 4.54. The lowest BCUT2D eigenvalue weighted by Crippen LogP contribution is -2.28. The Kier molecular flexibility index (Phi) is 4.25. The highest BCUT2D eigenvalue weighted by Gasteiger charge is 2.14. The van der Waals surface area contributed by atoms with E-state index in [2.05, 4.69) is 28.2 Å². The van der Waals surface area contributed by atoms with Crippen molar-refractivity contribution in [1.82, 2.24) is 9.88 Å². The number of para-hydroxylation sites is 1. The van der Waals surface area contributed by atoms with Crippen LogP contribution in [-0.4, -0.2) is 36.1 Å². The van der Waals surface area contributed by atoms with Crippen LogP contribution in [0.4, 0.5) is 11.4 Å². The van der Waals surface area contributed by atoms with E-state index in [4.69, 9.17) is 5.73 Å². The summed E-state index contributed by atoms with van der Waals surface area (Å²) in [6.45, 7) is 6.99. The highest BCUT2D eigenvalue weighted by Crippen LogP contribution is 2.25. The number of pyridine rings is 1. The van der Waals surface area contributed by atoms with E-state index in [1.54, 1.807) is 0 Å². The van der Waals surface area contributed by atoms with Gasteiger partial charge in [-0.05, 0) is 44.0 Å². The molecule has 1 unspecified atom stereocenters. The van der Waals surface area contributed by atoms with Crippen molar-refractivity contribution >= 4 is 22.3 Å². The number of nitrogens with zero attached hydrogens (tertiary/aromatic N) is 2. The van der Waals surface area contributed by atoms with Gasteiger partial charge in [-0.2, -0.15) is 0 Å². The van der Waals surface area contributed by atoms with Crippen molar-refractivity contribution in [2.45, 2.75) is 19.8 Å². The summed E-state index contributed by atoms with van der Waals surface area (Å²) in [5.41, 5.74) is 8.74. The molecule has 1 aromatic heterocycles. The zero-order chi connectivity index (χ0) is 14.7. The summed E-state index contributed by atoms with van der Waals surface area (Å²) < 4.78 is 0. The number of nitrogens with one attached hydrogen (secondary N) is 1. The van der Waals surface area contributed by atoms with Gasteiger partial charge in [-0.15, -0.1) is 0 Å². The minimum absolute atomic E-state index is 0.632. The van der Waals surface area contributed by atoms with Crippen molar-refractivity contribution in [3.63, 3.8) is 0 Å². The van der Waals surface area contributed by atoms with Crippen molar-refractivity contribution in [3.8, 4) is 0 Å². The van der Waals surface area contributed by atoms with Crippen molar-refractivity contribution in [1.29, 1.82) is 0 Å². The van der Waals surface area contributed by atoms with Crippen LogP contribution in [0, 0.1) is 5.92 Å². The zero-order valence-corrected chi connectivity index (χ0v) is 12.7. The van der Waals surface area contributed by atoms with E-state index in [-0.39, 0.29) is 0 Å². The van der Waals surface area contributed by atoms with Gasteiger partial charge in [0.25, 0.3) is 0 Å². The summed E-state index contributed by atoms with van der Waals surface area (Å²) in [6, 6.07) is 7.99. The molecule has 3 N–H and O–H groups in total. The molecule has 21 heavy (non-hydrogen) atoms. The molecular formula is C17H24N4. The molecule has 0 bridgehead atoms. The lowest BCUT2D eigenvalue weighted by molar-refractivity contribution is 0.294. The van der Waals surface area contributed by atoms with Gasteiger partial charge in [0.2, 0.25) is 0 Å². The fraction of sp³-hybridized carbons (Fsp3) is 0.471. The summed E-state index contributed by atoms with van der Waals surface area (Å²) in [7, 11) is 0. The average Bonchev–Trinajstić information content (AvgIpc) is 2.98. The van der Waals surface area contributed by atoms with Crippen LogP contribution >= 0.6 is 0 Å². The zero-order valence-electron chi connectivity index (χ0n) is 12.7. The smallest absolute Gasteiger partial charge is 0.0951 e. The van der Waals surface area contributed by atoms with Crippen molar-refractivity contribution in [3.05, 3.63) is 30.5 Å². The lowest BCUT2D eigenvalue weighted by Gasteiger charge is -2.21. The Labute approximate surface area is 126 Å². The highest BCUT2D eigenvalue weighted by atomic mass is 15.1. The Hall–Kier alpha value is -1.81. The topological polar surface area (TPSA) is 54.2 Å². The Balaban J connectivity index is 1.66. The maximum Gasteiger partial charge on any atom is 0.0951 e. The monoisotopic (exact) mass is 284 g/mol. The summed E-state index contributed by atoms with van der Waals surface area (Å²) in [5.74, 6) is 0.632. The largest absolute Gasteiger partial charge is 0.397 e. The molecule has 1 saturated heterocycles. The minimum atomic E-state index is 0.632. The number of hydrogen-bond acceptors (Lipinski definition) is 4. The van der Waals surface area contributed by atoms with Gasteiger partial charge in [-0.1, -0.05) is 19.1 Å². The molecule has 0 spiro atoms. The molecule has 0 radical (unpaired) electrons. The number of anilines is 2. The molecule has 0 amide bonds. The molecule has 1 aliphatic rings. The quantitative estimate of drug-likeness (QED) is 0.829. The van der Waals surface area contributed by atoms with Gasteiger partial charge in [0.05, 0.1) is 11.2 Å². The Morgan fingerprint density at radius 1 is 1.29 bits per heavy atom. The number of likely N-dealkylation sites (tertiary alicyclic amines) is 1. The van der Waals surface area contributed by atoms with Gasteiger partial charge in [-0.3, -0.25) is 4.98 Å². The Bertz CT molecular complexity index is 605. The first-order valence-electron chi connectivity index (χ1n) is 7.83. The number of benzene rings is 1. The highest BCUT2D eigenvalue weighted by molar-refractivity contribution is 5.97. The molecule has 4 heteroatoms. The maximum atomic E-state index is 5.99. The van der Waals surface area contributed by atoms with Gasteiger partial charge in [0, 0.05) is 30.4 Å². The summed E-state index contributed by atoms with van der Waals surface area (Å²) >= 11 is 0. The van der Waals surface area contributed by atoms with E-state index in [9.17, 15) is 0 Å². The molecular weight excluding hydrogens is 260 g/mol. The van der Waals surface area contributed by atoms with Crippen molar-refractivity contribution < 1.29 is 0 Å². The lowest BCUT2D eigenvalue weighted by atomic mass is 10.1. The van der Waals surface area contributed by atoms with Crippen LogP contribution in [0.3, 0.4) is 0 Å². The van der Waals surface area contributed by atoms with E-state index < -0.39 is 0 Å². The van der Waals surface area contributed by atoms with Crippen LogP contribution in [0.25, 0.3) is 10.9 Å². The molecule has 0 aliphatic carbocycles. The Morgan fingerprint density at radius 2 is 2.10 bits per heavy atom. The van der Waals surface area contributed by atoms with Crippen LogP contribution in [0.1, 0.15) is 19.8 Å². The van der Waals surface area contributed by atoms with E-state index in [0.29, 0.717) is 5.92 Å². The number of aromatic nitrogens is 1. The molecule has 2 heterocycles. The van der Waals surface area contributed by atoms with Crippen LogP contribution in [-0.2, 0) is 0 Å². The van der Waals surface area contributed by atoms with E-state index in [1.807, 2.05) is 24.4 Å². The number of nitrogen functional groups attached to an aromatic ring is 1. The predicted molar refractivity (Wildman–Crippen MR) is 89.5 cm³/mol. The van der Waals surface area contributed by atoms with Crippen LogP contribution < -0.4 is 11.1 Å². The SMILES string of the molecule is CC(CNc1ccnc2c(N)cccc12)CN1CCCC1. The molecule has 4 nitrogen and oxygen atoms in total. The molecule has 3 rings (SSSR count). The fourth-order valence-corrected chi connectivity index (χ4v) is 3.11. The first kappa shape index (κ1) is 14.1. The first-order chi connectivity index (χ1) is 10.2. The van der Waals surface area contributed by atoms with Gasteiger partial charge in [-0.25, -0.2) is 0 Å². The third-order valence-corrected chi connectivity index (χ3v) is 4.21. The second kappa shape index (κ2) is 6.31. The minimum Gasteiger partial charge on any atom is -0.397 e. The second-order valence-corrected chi connectivity index (χ2v) is 6.10. The van der Waals surface area contributed by atoms with Gasteiger partial charge in [0.1, 0.15) is 0 Å². The molecule has 1 aromatic carbocycles. The average molecular weight is 284 g/mol. The third kappa shape index (κ3) is 3.27. The predicted octanol–water partition coefficient (Wildman–Crippen LogP) is 2.96. The molecule has 1 atom stereocenters. The number of rotatable bonds is 5. The van der Waals surface area contributed by atoms with Gasteiger partial charge in [0.15, 0.2) is 0 Å². The fourth-order valence-electron chi connectivity index (χ4n) is 3.11. The summed E-state index contributed by atoms with van der Waals surface area (Å²) in [4.78, 5) is 6.94.